The summed E-state index contributed by atoms with van der Waals surface area (Å²) in [7, 11) is 0. The Kier molecular flexibility index (Phi) is 7.65. The van der Waals surface area contributed by atoms with Crippen molar-refractivity contribution in [2.24, 2.45) is 4.99 Å². The van der Waals surface area contributed by atoms with Crippen molar-refractivity contribution < 1.29 is 0 Å². The van der Waals surface area contributed by atoms with Crippen LogP contribution in [0, 0.1) is 20.8 Å². The van der Waals surface area contributed by atoms with E-state index in [2.05, 4.69) is 50.0 Å². The average molecular weight is 363 g/mol. The van der Waals surface area contributed by atoms with Gasteiger partial charge in [0.1, 0.15) is 0 Å². The molecule has 2 heterocycles. The molecule has 0 saturated carbocycles. The third-order valence-electron chi connectivity index (χ3n) is 4.17. The molecule has 2 aromatic rings. The first-order valence-corrected chi connectivity index (χ1v) is 7.89. The molecule has 2 nitrogen and oxygen atoms in total. The molecule has 1 aliphatic heterocycles. The summed E-state index contributed by atoms with van der Waals surface area (Å²) in [4.78, 5) is 9.00. The van der Waals surface area contributed by atoms with E-state index in [4.69, 9.17) is 4.99 Å². The van der Waals surface area contributed by atoms with Crippen molar-refractivity contribution in [3.05, 3.63) is 70.0 Å². The molecular formula is C20H24Cl2N2. The van der Waals surface area contributed by atoms with E-state index in [9.17, 15) is 0 Å². The van der Waals surface area contributed by atoms with Crippen LogP contribution in [0.4, 0.5) is 0 Å². The Hall–Kier alpha value is -1.64. The van der Waals surface area contributed by atoms with E-state index in [1.54, 1.807) is 0 Å². The zero-order valence-corrected chi connectivity index (χ0v) is 16.0. The lowest BCUT2D eigenvalue weighted by atomic mass is 9.91. The number of aryl methyl sites for hydroxylation is 3. The molecular weight excluding hydrogens is 339 g/mol. The number of allylic oxidation sites excluding steroid dienone is 1. The molecule has 0 spiro atoms. The van der Waals surface area contributed by atoms with Crippen molar-refractivity contribution in [3.8, 4) is 0 Å². The predicted molar refractivity (Wildman–Crippen MR) is 108 cm³/mol. The summed E-state index contributed by atoms with van der Waals surface area (Å²) in [5.74, 6) is 0. The second kappa shape index (κ2) is 9.00. The highest BCUT2D eigenvalue weighted by Gasteiger charge is 2.15. The summed E-state index contributed by atoms with van der Waals surface area (Å²) in [5.41, 5.74) is 8.88. The van der Waals surface area contributed by atoms with Gasteiger partial charge in [0.25, 0.3) is 0 Å². The summed E-state index contributed by atoms with van der Waals surface area (Å²) >= 11 is 0. The molecule has 128 valence electrons. The average Bonchev–Trinajstić information content (AvgIpc) is 2.52. The van der Waals surface area contributed by atoms with Crippen LogP contribution in [0.5, 0.6) is 0 Å². The standard InChI is InChI=1S/C20H22N2.2ClH/c1-14-10-15(2)19(16(3)11-14)12-17-6-5-9-22-20(17)18-7-4-8-21-13-18;;/h4,7-8,10-13H,5-6,9H2,1-3H3;2*1H/b17-12+;;. The Morgan fingerprint density at radius 2 is 1.75 bits per heavy atom. The topological polar surface area (TPSA) is 25.2 Å². The van der Waals surface area contributed by atoms with Gasteiger partial charge in [0.05, 0.1) is 5.71 Å². The van der Waals surface area contributed by atoms with Crippen LogP contribution in [-0.2, 0) is 0 Å². The van der Waals surface area contributed by atoms with Gasteiger partial charge in [-0.2, -0.15) is 0 Å². The van der Waals surface area contributed by atoms with Crippen molar-refractivity contribution >= 4 is 36.6 Å². The molecule has 0 aliphatic carbocycles. The van der Waals surface area contributed by atoms with Crippen LogP contribution in [0.25, 0.3) is 6.08 Å². The van der Waals surface area contributed by atoms with Crippen LogP contribution in [0.3, 0.4) is 0 Å². The molecule has 3 rings (SSSR count). The lowest BCUT2D eigenvalue weighted by molar-refractivity contribution is 0.818. The fraction of sp³-hybridized carbons (Fsp3) is 0.300. The maximum atomic E-state index is 4.76. The zero-order valence-electron chi connectivity index (χ0n) is 14.4. The van der Waals surface area contributed by atoms with E-state index in [-0.39, 0.29) is 24.8 Å². The second-order valence-corrected chi connectivity index (χ2v) is 6.06. The van der Waals surface area contributed by atoms with Gasteiger partial charge in [-0.05, 0) is 74.1 Å². The fourth-order valence-electron chi connectivity index (χ4n) is 3.19. The molecule has 0 fully saturated rings. The number of aromatic nitrogens is 1. The molecule has 4 heteroatoms. The van der Waals surface area contributed by atoms with Crippen molar-refractivity contribution in [2.75, 3.05) is 6.54 Å². The minimum absolute atomic E-state index is 0. The number of hydrogen-bond acceptors (Lipinski definition) is 2. The smallest absolute Gasteiger partial charge is 0.0694 e. The van der Waals surface area contributed by atoms with E-state index < -0.39 is 0 Å². The van der Waals surface area contributed by atoms with E-state index in [1.807, 2.05) is 18.5 Å². The summed E-state index contributed by atoms with van der Waals surface area (Å²) < 4.78 is 0. The second-order valence-electron chi connectivity index (χ2n) is 6.06. The van der Waals surface area contributed by atoms with Crippen molar-refractivity contribution in [3.63, 3.8) is 0 Å². The lowest BCUT2D eigenvalue weighted by Gasteiger charge is -2.17. The number of rotatable bonds is 2. The maximum Gasteiger partial charge on any atom is 0.0694 e. The predicted octanol–water partition coefficient (Wildman–Crippen LogP) is 5.52. The van der Waals surface area contributed by atoms with Gasteiger partial charge in [-0.1, -0.05) is 17.7 Å². The van der Waals surface area contributed by atoms with E-state index in [0.29, 0.717) is 0 Å². The van der Waals surface area contributed by atoms with Crippen LogP contribution in [0.1, 0.15) is 40.7 Å². The molecule has 0 radical (unpaired) electrons. The van der Waals surface area contributed by atoms with Gasteiger partial charge in [0.15, 0.2) is 0 Å². The Morgan fingerprint density at radius 3 is 2.38 bits per heavy atom. The van der Waals surface area contributed by atoms with Gasteiger partial charge < -0.3 is 0 Å². The molecule has 0 bridgehead atoms. The van der Waals surface area contributed by atoms with Crippen molar-refractivity contribution in [2.45, 2.75) is 33.6 Å². The normalized spacial score (nSPS) is 15.3. The molecule has 0 N–H and O–H groups in total. The third-order valence-corrected chi connectivity index (χ3v) is 4.17. The monoisotopic (exact) mass is 362 g/mol. The number of pyridine rings is 1. The first kappa shape index (κ1) is 20.4. The van der Waals surface area contributed by atoms with Gasteiger partial charge in [0.2, 0.25) is 0 Å². The highest BCUT2D eigenvalue weighted by molar-refractivity contribution is 6.15. The maximum absolute atomic E-state index is 4.76. The minimum Gasteiger partial charge on any atom is -0.284 e. The van der Waals surface area contributed by atoms with Gasteiger partial charge >= 0.3 is 0 Å². The van der Waals surface area contributed by atoms with Crippen molar-refractivity contribution in [1.29, 1.82) is 0 Å². The number of nitrogens with zero attached hydrogens (tertiary/aromatic N) is 2. The SMILES string of the molecule is Cc1cc(C)c(/C=C2\CCCN=C2c2cccnc2)c(C)c1.Cl.Cl. The zero-order chi connectivity index (χ0) is 15.5. The summed E-state index contributed by atoms with van der Waals surface area (Å²) in [6.45, 7) is 7.44. The molecule has 0 atom stereocenters. The Morgan fingerprint density at radius 1 is 1.04 bits per heavy atom. The van der Waals surface area contributed by atoms with Crippen LogP contribution < -0.4 is 0 Å². The fourth-order valence-corrected chi connectivity index (χ4v) is 3.19. The number of aliphatic imine (C=N–C) groups is 1. The first-order valence-electron chi connectivity index (χ1n) is 7.89. The molecule has 0 amide bonds. The largest absolute Gasteiger partial charge is 0.284 e. The highest BCUT2D eigenvalue weighted by Crippen LogP contribution is 2.25. The number of hydrogen-bond donors (Lipinski definition) is 0. The Bertz CT molecular complexity index is 726. The van der Waals surface area contributed by atoms with Crippen LogP contribution in [0.2, 0.25) is 0 Å². The van der Waals surface area contributed by atoms with E-state index in [1.165, 1.54) is 27.8 Å². The van der Waals surface area contributed by atoms with Crippen LogP contribution >= 0.6 is 24.8 Å². The van der Waals surface area contributed by atoms with Crippen LogP contribution in [-0.4, -0.2) is 17.2 Å². The Balaban J connectivity index is 0.00000144. The molecule has 0 unspecified atom stereocenters. The quantitative estimate of drug-likeness (QED) is 0.690. The van der Waals surface area contributed by atoms with E-state index >= 15 is 0 Å². The van der Waals surface area contributed by atoms with Gasteiger partial charge in [0, 0.05) is 24.5 Å². The van der Waals surface area contributed by atoms with Crippen LogP contribution in [0.15, 0.2) is 47.2 Å². The van der Waals surface area contributed by atoms with Gasteiger partial charge in [-0.25, -0.2) is 0 Å². The number of halogens is 2. The molecule has 1 aromatic heterocycles. The third kappa shape index (κ3) is 4.46. The molecule has 1 aromatic carbocycles. The van der Waals surface area contributed by atoms with E-state index in [0.717, 1.165) is 30.7 Å². The molecule has 1 aliphatic rings. The first-order chi connectivity index (χ1) is 10.6. The summed E-state index contributed by atoms with van der Waals surface area (Å²) in [6.07, 6.45) is 8.26. The van der Waals surface area contributed by atoms with Gasteiger partial charge in [-0.3, -0.25) is 9.98 Å². The van der Waals surface area contributed by atoms with Gasteiger partial charge in [-0.15, -0.1) is 24.8 Å². The summed E-state index contributed by atoms with van der Waals surface area (Å²) in [6, 6.07) is 8.58. The Labute approximate surface area is 156 Å². The highest BCUT2D eigenvalue weighted by atomic mass is 35.5. The summed E-state index contributed by atoms with van der Waals surface area (Å²) in [5, 5.41) is 0. The van der Waals surface area contributed by atoms with Crippen molar-refractivity contribution in [1.82, 2.24) is 4.98 Å². The molecule has 0 saturated heterocycles. The lowest BCUT2D eigenvalue weighted by Crippen LogP contribution is -2.12. The minimum atomic E-state index is 0. The molecule has 24 heavy (non-hydrogen) atoms. The number of benzene rings is 1.